The number of rotatable bonds is 2. The Balaban J connectivity index is 2.04. The van der Waals surface area contributed by atoms with E-state index in [-0.39, 0.29) is 11.5 Å². The van der Waals surface area contributed by atoms with Crippen molar-refractivity contribution in [1.82, 2.24) is 14.8 Å². The molecule has 0 amide bonds. The summed E-state index contributed by atoms with van der Waals surface area (Å²) in [4.78, 5) is 0. The van der Waals surface area contributed by atoms with Crippen molar-refractivity contribution in [3.05, 3.63) is 64.9 Å². The number of benzene rings is 3. The molecule has 4 aromatic rings. The van der Waals surface area contributed by atoms with Crippen molar-refractivity contribution < 1.29 is 10.2 Å². The Kier molecular flexibility index (Phi) is 3.54. The first kappa shape index (κ1) is 15.4. The van der Waals surface area contributed by atoms with Gasteiger partial charge in [-0.1, -0.05) is 24.3 Å². The van der Waals surface area contributed by atoms with Gasteiger partial charge in [-0.3, -0.25) is 9.67 Å². The number of nitrogens with one attached hydrogen (secondary N) is 1. The lowest BCUT2D eigenvalue weighted by atomic mass is 10.1. The molecule has 0 fully saturated rings. The fraction of sp³-hybridized carbons (Fsp3) is 0.0526. The Morgan fingerprint density at radius 3 is 2.56 bits per heavy atom. The molecule has 0 spiro atoms. The van der Waals surface area contributed by atoms with Gasteiger partial charge in [0.1, 0.15) is 11.5 Å². The molecule has 0 radical (unpaired) electrons. The van der Waals surface area contributed by atoms with Crippen molar-refractivity contribution in [3.8, 4) is 28.6 Å². The number of phenolic OH excluding ortho intramolecular Hbond substituents is 2. The molecule has 0 aliphatic carbocycles. The molecular formula is C19H15N3O2S. The largest absolute Gasteiger partial charge is 0.508 e. The number of fused-ring (bicyclic) bond motifs is 1. The van der Waals surface area contributed by atoms with E-state index in [1.807, 2.05) is 41.8 Å². The van der Waals surface area contributed by atoms with E-state index in [0.29, 0.717) is 10.6 Å². The Labute approximate surface area is 148 Å². The number of aryl methyl sites for hydroxylation is 1. The lowest BCUT2D eigenvalue weighted by molar-refractivity contribution is 0.475. The van der Waals surface area contributed by atoms with Crippen LogP contribution in [0.25, 0.3) is 27.8 Å². The molecule has 25 heavy (non-hydrogen) atoms. The van der Waals surface area contributed by atoms with Gasteiger partial charge in [-0.2, -0.15) is 5.10 Å². The number of aromatic amines is 1. The summed E-state index contributed by atoms with van der Waals surface area (Å²) >= 11 is 5.45. The van der Waals surface area contributed by atoms with Crippen LogP contribution in [0.5, 0.6) is 11.5 Å². The fourth-order valence-corrected chi connectivity index (χ4v) is 3.30. The summed E-state index contributed by atoms with van der Waals surface area (Å²) < 4.78 is 2.30. The number of phenols is 2. The average Bonchev–Trinajstić information content (AvgIpc) is 2.96. The molecule has 0 saturated carbocycles. The first-order chi connectivity index (χ1) is 12.1. The van der Waals surface area contributed by atoms with Gasteiger partial charge in [-0.25, -0.2) is 0 Å². The van der Waals surface area contributed by atoms with Crippen molar-refractivity contribution in [2.45, 2.75) is 6.92 Å². The van der Waals surface area contributed by atoms with Gasteiger partial charge >= 0.3 is 0 Å². The van der Waals surface area contributed by atoms with Crippen molar-refractivity contribution in [2.24, 2.45) is 0 Å². The topological polar surface area (TPSA) is 74.1 Å². The first-order valence-corrected chi connectivity index (χ1v) is 8.15. The van der Waals surface area contributed by atoms with Gasteiger partial charge in [0.2, 0.25) is 0 Å². The van der Waals surface area contributed by atoms with Crippen LogP contribution >= 0.6 is 12.2 Å². The van der Waals surface area contributed by atoms with E-state index < -0.39 is 0 Å². The Morgan fingerprint density at radius 2 is 1.76 bits per heavy atom. The highest BCUT2D eigenvalue weighted by Crippen LogP contribution is 2.32. The average molecular weight is 349 g/mol. The first-order valence-electron chi connectivity index (χ1n) is 7.75. The van der Waals surface area contributed by atoms with E-state index in [4.69, 9.17) is 12.2 Å². The van der Waals surface area contributed by atoms with Crippen LogP contribution in [0.15, 0.2) is 54.6 Å². The molecule has 0 unspecified atom stereocenters. The Bertz CT molecular complexity index is 1160. The standard InChI is InChI=1S/C19H15N3O2S/c1-11-10-12(23)8-9-13(11)18-20-21-19(25)22(18)16-6-2-5-15-14(16)4-3-7-17(15)24/h2-10,23-24H,1H3,(H,21,25). The van der Waals surface area contributed by atoms with E-state index in [0.717, 1.165) is 27.6 Å². The Morgan fingerprint density at radius 1 is 1.00 bits per heavy atom. The summed E-state index contributed by atoms with van der Waals surface area (Å²) in [5.41, 5.74) is 2.58. The van der Waals surface area contributed by atoms with Gasteiger partial charge in [0.05, 0.1) is 5.69 Å². The van der Waals surface area contributed by atoms with Crippen molar-refractivity contribution in [3.63, 3.8) is 0 Å². The van der Waals surface area contributed by atoms with Crippen LogP contribution < -0.4 is 0 Å². The second kappa shape index (κ2) is 5.75. The van der Waals surface area contributed by atoms with Gasteiger partial charge in [-0.05, 0) is 55.0 Å². The lowest BCUT2D eigenvalue weighted by Crippen LogP contribution is -2.00. The molecule has 5 nitrogen and oxygen atoms in total. The van der Waals surface area contributed by atoms with Gasteiger partial charge in [-0.15, -0.1) is 0 Å². The molecule has 0 bridgehead atoms. The highest BCUT2D eigenvalue weighted by Gasteiger charge is 2.15. The number of nitrogens with zero attached hydrogens (tertiary/aromatic N) is 2. The van der Waals surface area contributed by atoms with E-state index >= 15 is 0 Å². The SMILES string of the molecule is Cc1cc(O)ccc1-c1n[nH]c(=S)n1-c1cccc2c(O)cccc12. The van der Waals surface area contributed by atoms with E-state index in [9.17, 15) is 10.2 Å². The van der Waals surface area contributed by atoms with Crippen LogP contribution in [0.3, 0.4) is 0 Å². The monoisotopic (exact) mass is 349 g/mol. The van der Waals surface area contributed by atoms with Gasteiger partial charge in [0, 0.05) is 16.3 Å². The van der Waals surface area contributed by atoms with Crippen LogP contribution in [-0.4, -0.2) is 25.0 Å². The zero-order valence-corrected chi connectivity index (χ0v) is 14.2. The molecule has 3 N–H and O–H groups in total. The maximum atomic E-state index is 10.1. The minimum absolute atomic E-state index is 0.206. The summed E-state index contributed by atoms with van der Waals surface area (Å²) in [5.74, 6) is 1.08. The van der Waals surface area contributed by atoms with E-state index in [1.165, 1.54) is 0 Å². The maximum Gasteiger partial charge on any atom is 0.200 e. The summed E-state index contributed by atoms with van der Waals surface area (Å²) in [6.45, 7) is 1.91. The predicted molar refractivity (Wildman–Crippen MR) is 99.8 cm³/mol. The molecule has 6 heteroatoms. The molecule has 0 aliphatic heterocycles. The molecule has 1 heterocycles. The smallest absolute Gasteiger partial charge is 0.200 e. The van der Waals surface area contributed by atoms with Gasteiger partial charge in [0.25, 0.3) is 0 Å². The molecule has 1 aromatic heterocycles. The third kappa shape index (κ3) is 2.47. The highest BCUT2D eigenvalue weighted by molar-refractivity contribution is 7.71. The van der Waals surface area contributed by atoms with Gasteiger partial charge < -0.3 is 10.2 Å². The van der Waals surface area contributed by atoms with Crippen molar-refractivity contribution >= 4 is 23.0 Å². The van der Waals surface area contributed by atoms with Crippen LogP contribution in [0.4, 0.5) is 0 Å². The summed E-state index contributed by atoms with van der Waals surface area (Å²) in [7, 11) is 0. The van der Waals surface area contributed by atoms with Crippen LogP contribution in [0, 0.1) is 11.7 Å². The summed E-state index contributed by atoms with van der Waals surface area (Å²) in [6.07, 6.45) is 0. The number of hydrogen-bond donors (Lipinski definition) is 3. The number of H-pyrrole nitrogens is 1. The quantitative estimate of drug-likeness (QED) is 0.467. The van der Waals surface area contributed by atoms with Crippen molar-refractivity contribution in [1.29, 1.82) is 0 Å². The number of aromatic nitrogens is 3. The Hall–Kier alpha value is -3.12. The summed E-state index contributed by atoms with van der Waals surface area (Å²) in [5, 5.41) is 28.7. The normalized spacial score (nSPS) is 11.1. The lowest BCUT2D eigenvalue weighted by Gasteiger charge is -2.12. The predicted octanol–water partition coefficient (Wildman–Crippen LogP) is 4.47. The van der Waals surface area contributed by atoms with Crippen LogP contribution in [0.2, 0.25) is 0 Å². The van der Waals surface area contributed by atoms with Crippen molar-refractivity contribution in [2.75, 3.05) is 0 Å². The third-order valence-electron chi connectivity index (χ3n) is 4.24. The minimum Gasteiger partial charge on any atom is -0.508 e. The van der Waals surface area contributed by atoms with Crippen LogP contribution in [-0.2, 0) is 0 Å². The molecule has 4 rings (SSSR count). The molecule has 0 saturated heterocycles. The van der Waals surface area contributed by atoms with Gasteiger partial charge in [0.15, 0.2) is 10.6 Å². The second-order valence-electron chi connectivity index (χ2n) is 5.84. The molecule has 0 aliphatic rings. The highest BCUT2D eigenvalue weighted by atomic mass is 32.1. The summed E-state index contributed by atoms with van der Waals surface area (Å²) in [6, 6.07) is 16.2. The third-order valence-corrected chi connectivity index (χ3v) is 4.51. The van der Waals surface area contributed by atoms with E-state index in [2.05, 4.69) is 10.2 Å². The maximum absolute atomic E-state index is 10.1. The number of hydrogen-bond acceptors (Lipinski definition) is 4. The zero-order valence-electron chi connectivity index (χ0n) is 13.4. The molecule has 3 aromatic carbocycles. The molecule has 124 valence electrons. The zero-order chi connectivity index (χ0) is 17.6. The van der Waals surface area contributed by atoms with Crippen LogP contribution in [0.1, 0.15) is 5.56 Å². The second-order valence-corrected chi connectivity index (χ2v) is 6.22. The molecular weight excluding hydrogens is 334 g/mol. The minimum atomic E-state index is 0.206. The molecule has 0 atom stereocenters. The fourth-order valence-electron chi connectivity index (χ4n) is 3.07. The van der Waals surface area contributed by atoms with E-state index in [1.54, 1.807) is 24.3 Å². The number of aromatic hydroxyl groups is 2.